The Kier molecular flexibility index (Phi) is 5.88. The Bertz CT molecular complexity index is 462. The quantitative estimate of drug-likeness (QED) is 0.876. The van der Waals surface area contributed by atoms with Gasteiger partial charge in [-0.3, -0.25) is 4.90 Å². The monoisotopic (exact) mass is 312 g/mol. The topological polar surface area (TPSA) is 44.7 Å². The van der Waals surface area contributed by atoms with Gasteiger partial charge in [-0.25, -0.2) is 0 Å². The SMILES string of the molecule is CC(C)Oc1ccc(C(O)C(C)N2CCNCC2)c(Cl)c1. The van der Waals surface area contributed by atoms with E-state index in [2.05, 4.69) is 10.2 Å². The molecule has 21 heavy (non-hydrogen) atoms. The van der Waals surface area contributed by atoms with Crippen LogP contribution in [0.25, 0.3) is 0 Å². The van der Waals surface area contributed by atoms with Crippen molar-refractivity contribution in [3.8, 4) is 5.75 Å². The first kappa shape index (κ1) is 16.6. The van der Waals surface area contributed by atoms with Crippen molar-refractivity contribution in [2.45, 2.75) is 39.0 Å². The molecule has 0 amide bonds. The van der Waals surface area contributed by atoms with Gasteiger partial charge in [0.25, 0.3) is 0 Å². The highest BCUT2D eigenvalue weighted by atomic mass is 35.5. The number of nitrogens with one attached hydrogen (secondary N) is 1. The van der Waals surface area contributed by atoms with E-state index in [9.17, 15) is 5.11 Å². The molecule has 1 saturated heterocycles. The molecular formula is C16H25ClN2O2. The molecule has 0 saturated carbocycles. The van der Waals surface area contributed by atoms with Gasteiger partial charge in [-0.1, -0.05) is 17.7 Å². The van der Waals surface area contributed by atoms with Crippen LogP contribution >= 0.6 is 11.6 Å². The maximum atomic E-state index is 10.6. The first-order valence-electron chi connectivity index (χ1n) is 7.58. The minimum Gasteiger partial charge on any atom is -0.491 e. The summed E-state index contributed by atoms with van der Waals surface area (Å²) < 4.78 is 5.62. The highest BCUT2D eigenvalue weighted by Crippen LogP contribution is 2.31. The second-order valence-electron chi connectivity index (χ2n) is 5.82. The van der Waals surface area contributed by atoms with E-state index in [1.165, 1.54) is 0 Å². The van der Waals surface area contributed by atoms with Gasteiger partial charge in [-0.05, 0) is 32.9 Å². The predicted octanol–water partition coefficient (Wildman–Crippen LogP) is 2.45. The molecule has 4 nitrogen and oxygen atoms in total. The van der Waals surface area contributed by atoms with Crippen molar-refractivity contribution in [3.63, 3.8) is 0 Å². The smallest absolute Gasteiger partial charge is 0.121 e. The first-order chi connectivity index (χ1) is 9.99. The Morgan fingerprint density at radius 1 is 1.24 bits per heavy atom. The van der Waals surface area contributed by atoms with Crippen LogP contribution in [0.1, 0.15) is 32.4 Å². The van der Waals surface area contributed by atoms with Crippen LogP contribution in [0.4, 0.5) is 0 Å². The number of hydrogen-bond donors (Lipinski definition) is 2. The van der Waals surface area contributed by atoms with Gasteiger partial charge in [0.15, 0.2) is 0 Å². The van der Waals surface area contributed by atoms with E-state index < -0.39 is 6.10 Å². The zero-order valence-electron chi connectivity index (χ0n) is 13.0. The molecule has 1 aliphatic heterocycles. The largest absolute Gasteiger partial charge is 0.491 e. The second kappa shape index (κ2) is 7.45. The lowest BCUT2D eigenvalue weighted by molar-refractivity contribution is 0.0510. The molecule has 2 rings (SSSR count). The van der Waals surface area contributed by atoms with Crippen molar-refractivity contribution >= 4 is 11.6 Å². The summed E-state index contributed by atoms with van der Waals surface area (Å²) >= 11 is 6.32. The highest BCUT2D eigenvalue weighted by Gasteiger charge is 2.25. The predicted molar refractivity (Wildman–Crippen MR) is 86.1 cm³/mol. The van der Waals surface area contributed by atoms with Gasteiger partial charge in [0.05, 0.1) is 17.2 Å². The van der Waals surface area contributed by atoms with Crippen LogP contribution in [0.5, 0.6) is 5.75 Å². The average molecular weight is 313 g/mol. The summed E-state index contributed by atoms with van der Waals surface area (Å²) in [6, 6.07) is 5.56. The van der Waals surface area contributed by atoms with Crippen molar-refractivity contribution in [1.82, 2.24) is 10.2 Å². The standard InChI is InChI=1S/C16H25ClN2O2/c1-11(2)21-13-4-5-14(15(17)10-13)16(20)12(3)19-8-6-18-7-9-19/h4-5,10-12,16,18,20H,6-9H2,1-3H3. The van der Waals surface area contributed by atoms with Crippen LogP contribution in [0.15, 0.2) is 18.2 Å². The maximum absolute atomic E-state index is 10.6. The van der Waals surface area contributed by atoms with Crippen LogP contribution in [0.2, 0.25) is 5.02 Å². The molecule has 1 aromatic rings. The van der Waals surface area contributed by atoms with Crippen LogP contribution in [-0.4, -0.2) is 48.3 Å². The molecule has 1 fully saturated rings. The molecule has 118 valence electrons. The fourth-order valence-electron chi connectivity index (χ4n) is 2.64. The maximum Gasteiger partial charge on any atom is 0.121 e. The van der Waals surface area contributed by atoms with Crippen molar-refractivity contribution in [2.24, 2.45) is 0 Å². The van der Waals surface area contributed by atoms with Gasteiger partial charge in [-0.2, -0.15) is 0 Å². The summed E-state index contributed by atoms with van der Waals surface area (Å²) in [6.45, 7) is 9.82. The van der Waals surface area contributed by atoms with E-state index in [0.717, 1.165) is 37.5 Å². The number of ether oxygens (including phenoxy) is 1. The average Bonchev–Trinajstić information content (AvgIpc) is 2.46. The lowest BCUT2D eigenvalue weighted by Crippen LogP contribution is -2.49. The first-order valence-corrected chi connectivity index (χ1v) is 7.95. The lowest BCUT2D eigenvalue weighted by atomic mass is 10.0. The Hall–Kier alpha value is -0.810. The molecular weight excluding hydrogens is 288 g/mol. The molecule has 0 radical (unpaired) electrons. The minimum atomic E-state index is -0.594. The number of halogens is 1. The van der Waals surface area contributed by atoms with E-state index in [4.69, 9.17) is 16.3 Å². The molecule has 2 N–H and O–H groups in total. The van der Waals surface area contributed by atoms with Gasteiger partial charge in [0, 0.05) is 37.8 Å². The van der Waals surface area contributed by atoms with Gasteiger partial charge < -0.3 is 15.2 Å². The summed E-state index contributed by atoms with van der Waals surface area (Å²) in [7, 11) is 0. The summed E-state index contributed by atoms with van der Waals surface area (Å²) in [5.74, 6) is 0.737. The van der Waals surface area contributed by atoms with Crippen LogP contribution in [0, 0.1) is 0 Å². The van der Waals surface area contributed by atoms with E-state index in [1.54, 1.807) is 6.07 Å². The Morgan fingerprint density at radius 2 is 1.90 bits per heavy atom. The van der Waals surface area contributed by atoms with Crippen molar-refractivity contribution in [1.29, 1.82) is 0 Å². The van der Waals surface area contributed by atoms with E-state index in [1.807, 2.05) is 32.9 Å². The van der Waals surface area contributed by atoms with Gasteiger partial charge in [0.1, 0.15) is 5.75 Å². The van der Waals surface area contributed by atoms with E-state index in [0.29, 0.717) is 5.02 Å². The van der Waals surface area contributed by atoms with E-state index in [-0.39, 0.29) is 12.1 Å². The van der Waals surface area contributed by atoms with Gasteiger partial charge in [-0.15, -0.1) is 0 Å². The molecule has 0 bridgehead atoms. The zero-order chi connectivity index (χ0) is 15.4. The Morgan fingerprint density at radius 3 is 2.48 bits per heavy atom. The van der Waals surface area contributed by atoms with Crippen LogP contribution in [0.3, 0.4) is 0 Å². The summed E-state index contributed by atoms with van der Waals surface area (Å²) in [5, 5.41) is 14.5. The minimum absolute atomic E-state index is 0.0430. The molecule has 0 aliphatic carbocycles. The number of piperazine rings is 1. The van der Waals surface area contributed by atoms with Crippen molar-refractivity contribution in [2.75, 3.05) is 26.2 Å². The van der Waals surface area contributed by atoms with E-state index >= 15 is 0 Å². The highest BCUT2D eigenvalue weighted by molar-refractivity contribution is 6.31. The second-order valence-corrected chi connectivity index (χ2v) is 6.23. The van der Waals surface area contributed by atoms with Crippen LogP contribution in [-0.2, 0) is 0 Å². The fraction of sp³-hybridized carbons (Fsp3) is 0.625. The molecule has 1 heterocycles. The van der Waals surface area contributed by atoms with Gasteiger partial charge in [0.2, 0.25) is 0 Å². The molecule has 2 atom stereocenters. The molecule has 5 heteroatoms. The van der Waals surface area contributed by atoms with Crippen molar-refractivity contribution in [3.05, 3.63) is 28.8 Å². The Balaban J connectivity index is 2.09. The molecule has 1 aromatic carbocycles. The third-order valence-electron chi connectivity index (χ3n) is 3.85. The fourth-order valence-corrected chi connectivity index (χ4v) is 2.92. The van der Waals surface area contributed by atoms with Crippen LogP contribution < -0.4 is 10.1 Å². The summed E-state index contributed by atoms with van der Waals surface area (Å²) in [4.78, 5) is 2.29. The summed E-state index contributed by atoms with van der Waals surface area (Å²) in [5.41, 5.74) is 0.763. The number of nitrogens with zero attached hydrogens (tertiary/aromatic N) is 1. The zero-order valence-corrected chi connectivity index (χ0v) is 13.7. The van der Waals surface area contributed by atoms with Gasteiger partial charge >= 0.3 is 0 Å². The van der Waals surface area contributed by atoms with Crippen molar-refractivity contribution < 1.29 is 9.84 Å². The molecule has 1 aliphatic rings. The number of hydrogen-bond acceptors (Lipinski definition) is 4. The lowest BCUT2D eigenvalue weighted by Gasteiger charge is -2.35. The molecule has 0 aromatic heterocycles. The third-order valence-corrected chi connectivity index (χ3v) is 4.17. The number of benzene rings is 1. The summed E-state index contributed by atoms with van der Waals surface area (Å²) in [6.07, 6.45) is -0.486. The molecule has 2 unspecified atom stereocenters. The number of rotatable bonds is 5. The number of aliphatic hydroxyl groups excluding tert-OH is 1. The normalized spacial score (nSPS) is 19.5. The number of aliphatic hydroxyl groups is 1. The third kappa shape index (κ3) is 4.33. The molecule has 0 spiro atoms. The Labute approximate surface area is 132 Å².